The van der Waals surface area contributed by atoms with Crippen molar-refractivity contribution in [2.75, 3.05) is 11.9 Å². The third kappa shape index (κ3) is 4.11. The number of carbonyl (C=O) groups excluding carboxylic acids is 1. The molecular weight excluding hydrogens is 372 g/mol. The molecule has 144 valence electrons. The number of alkyl halides is 2. The quantitative estimate of drug-likeness (QED) is 0.819. The molecular formula is C19H21F2N3O2S. The van der Waals surface area contributed by atoms with Crippen molar-refractivity contribution in [1.29, 1.82) is 0 Å². The summed E-state index contributed by atoms with van der Waals surface area (Å²) in [5.74, 6) is -0.0582. The van der Waals surface area contributed by atoms with Gasteiger partial charge in [0.05, 0.1) is 24.8 Å². The number of aliphatic hydroxyl groups excluding tert-OH is 1. The molecule has 8 heteroatoms. The molecule has 0 radical (unpaired) electrons. The molecule has 1 aromatic carbocycles. The molecule has 0 unspecified atom stereocenters. The number of rotatable bonds is 5. The van der Waals surface area contributed by atoms with Crippen molar-refractivity contribution >= 4 is 22.4 Å². The summed E-state index contributed by atoms with van der Waals surface area (Å²) in [6.07, 6.45) is -0.436. The van der Waals surface area contributed by atoms with E-state index in [4.69, 9.17) is 0 Å². The van der Waals surface area contributed by atoms with Gasteiger partial charge in [0.2, 0.25) is 5.91 Å². The van der Waals surface area contributed by atoms with Crippen molar-refractivity contribution in [3.8, 4) is 0 Å². The minimum atomic E-state index is -2.53. The third-order valence-corrected chi connectivity index (χ3v) is 6.10. The van der Waals surface area contributed by atoms with Gasteiger partial charge >= 0.3 is 0 Å². The summed E-state index contributed by atoms with van der Waals surface area (Å²) in [5, 5.41) is 13.6. The first kappa shape index (κ1) is 18.3. The van der Waals surface area contributed by atoms with Crippen LogP contribution >= 0.6 is 11.3 Å². The highest BCUT2D eigenvalue weighted by atomic mass is 32.1. The molecule has 1 aliphatic heterocycles. The number of benzene rings is 1. The number of anilines is 1. The maximum absolute atomic E-state index is 12.8. The number of aliphatic hydroxyl groups is 1. The number of nitrogens with zero attached hydrogens (tertiary/aromatic N) is 2. The topological polar surface area (TPSA) is 65.5 Å². The van der Waals surface area contributed by atoms with E-state index in [1.165, 1.54) is 12.1 Å². The van der Waals surface area contributed by atoms with E-state index in [1.807, 2.05) is 0 Å². The van der Waals surface area contributed by atoms with Gasteiger partial charge in [0.15, 0.2) is 5.13 Å². The van der Waals surface area contributed by atoms with Gasteiger partial charge in [-0.15, -0.1) is 0 Å². The summed E-state index contributed by atoms with van der Waals surface area (Å²) >= 11 is 1.55. The van der Waals surface area contributed by atoms with E-state index >= 15 is 0 Å². The number of carbonyl (C=O) groups is 1. The fourth-order valence-electron chi connectivity index (χ4n) is 3.48. The second kappa shape index (κ2) is 7.52. The molecule has 27 heavy (non-hydrogen) atoms. The van der Waals surface area contributed by atoms with Crippen LogP contribution in [0.25, 0.3) is 0 Å². The Morgan fingerprint density at radius 3 is 2.96 bits per heavy atom. The van der Waals surface area contributed by atoms with Gasteiger partial charge < -0.3 is 15.3 Å². The van der Waals surface area contributed by atoms with Crippen LogP contribution in [0.15, 0.2) is 24.3 Å². The van der Waals surface area contributed by atoms with E-state index in [-0.39, 0.29) is 30.0 Å². The van der Waals surface area contributed by atoms with Gasteiger partial charge in [-0.3, -0.25) is 4.79 Å². The van der Waals surface area contributed by atoms with Crippen LogP contribution < -0.4 is 5.32 Å². The summed E-state index contributed by atoms with van der Waals surface area (Å²) in [6, 6.07) is 6.32. The minimum Gasteiger partial charge on any atom is -0.393 e. The molecule has 2 aromatic rings. The molecule has 0 spiro atoms. The van der Waals surface area contributed by atoms with Crippen molar-refractivity contribution in [2.45, 2.75) is 50.8 Å². The number of halogens is 2. The van der Waals surface area contributed by atoms with E-state index < -0.39 is 6.43 Å². The SMILES string of the molecule is O=C(Cc1cccc(C(F)F)c1)N1CCc2nc(NC3CC(O)C3)sc2C1. The largest absolute Gasteiger partial charge is 0.393 e. The van der Waals surface area contributed by atoms with Gasteiger partial charge in [-0.05, 0) is 24.5 Å². The van der Waals surface area contributed by atoms with E-state index in [0.29, 0.717) is 25.1 Å². The monoisotopic (exact) mass is 393 g/mol. The molecule has 5 nitrogen and oxygen atoms in total. The molecule has 1 amide bonds. The van der Waals surface area contributed by atoms with Crippen LogP contribution in [0.1, 0.15) is 41.0 Å². The van der Waals surface area contributed by atoms with E-state index in [1.54, 1.807) is 28.4 Å². The molecule has 1 aromatic heterocycles. The number of thiazole rings is 1. The zero-order chi connectivity index (χ0) is 19.0. The Morgan fingerprint density at radius 1 is 1.41 bits per heavy atom. The minimum absolute atomic E-state index is 0.0551. The van der Waals surface area contributed by atoms with Crippen LogP contribution in [0.4, 0.5) is 13.9 Å². The van der Waals surface area contributed by atoms with Gasteiger partial charge in [-0.1, -0.05) is 29.5 Å². The maximum Gasteiger partial charge on any atom is 0.263 e. The van der Waals surface area contributed by atoms with Gasteiger partial charge in [0, 0.05) is 29.4 Å². The zero-order valence-corrected chi connectivity index (χ0v) is 15.5. The lowest BCUT2D eigenvalue weighted by Crippen LogP contribution is -2.38. The van der Waals surface area contributed by atoms with Crippen LogP contribution in [-0.4, -0.2) is 39.6 Å². The van der Waals surface area contributed by atoms with Crippen molar-refractivity contribution in [3.05, 3.63) is 46.0 Å². The smallest absolute Gasteiger partial charge is 0.263 e. The number of amides is 1. The highest BCUT2D eigenvalue weighted by Crippen LogP contribution is 2.31. The Hall–Kier alpha value is -2.06. The number of hydrogen-bond acceptors (Lipinski definition) is 5. The van der Waals surface area contributed by atoms with E-state index in [0.717, 1.165) is 28.5 Å². The molecule has 2 N–H and O–H groups in total. The summed E-state index contributed by atoms with van der Waals surface area (Å²) in [7, 11) is 0. The molecule has 1 saturated carbocycles. The lowest BCUT2D eigenvalue weighted by atomic mass is 9.90. The lowest BCUT2D eigenvalue weighted by molar-refractivity contribution is -0.131. The van der Waals surface area contributed by atoms with Crippen molar-refractivity contribution in [3.63, 3.8) is 0 Å². The van der Waals surface area contributed by atoms with Crippen molar-refractivity contribution in [1.82, 2.24) is 9.88 Å². The average Bonchev–Trinajstić information content (AvgIpc) is 3.02. The van der Waals surface area contributed by atoms with Crippen LogP contribution in [0.2, 0.25) is 0 Å². The van der Waals surface area contributed by atoms with Crippen molar-refractivity contribution in [2.24, 2.45) is 0 Å². The van der Waals surface area contributed by atoms with Crippen molar-refractivity contribution < 1.29 is 18.7 Å². The molecule has 1 aliphatic carbocycles. The molecule has 0 saturated heterocycles. The normalized spacial score (nSPS) is 21.7. The van der Waals surface area contributed by atoms with Gasteiger partial charge in [0.1, 0.15) is 0 Å². The van der Waals surface area contributed by atoms with Crippen LogP contribution in [-0.2, 0) is 24.2 Å². The second-order valence-corrected chi connectivity index (χ2v) is 8.23. The van der Waals surface area contributed by atoms with E-state index in [2.05, 4.69) is 10.3 Å². The molecule has 0 bridgehead atoms. The lowest BCUT2D eigenvalue weighted by Gasteiger charge is -2.31. The standard InChI is InChI=1S/C19H21F2N3O2S/c20-18(21)12-3-1-2-11(6-12)7-17(26)24-5-4-15-16(10-24)27-19(23-15)22-13-8-14(25)9-13/h1-3,6,13-14,18,25H,4-5,7-10H2,(H,22,23). The molecule has 0 atom stereocenters. The second-order valence-electron chi connectivity index (χ2n) is 7.14. The Morgan fingerprint density at radius 2 is 2.22 bits per heavy atom. The van der Waals surface area contributed by atoms with Gasteiger partial charge in [-0.25, -0.2) is 13.8 Å². The fourth-order valence-corrected chi connectivity index (χ4v) is 4.58. The Kier molecular flexibility index (Phi) is 5.10. The van der Waals surface area contributed by atoms with Gasteiger partial charge in [-0.2, -0.15) is 0 Å². The van der Waals surface area contributed by atoms with Crippen LogP contribution in [0, 0.1) is 0 Å². The predicted molar refractivity (Wildman–Crippen MR) is 99.0 cm³/mol. The first-order valence-electron chi connectivity index (χ1n) is 9.06. The first-order chi connectivity index (χ1) is 13.0. The third-order valence-electron chi connectivity index (χ3n) is 5.08. The van der Waals surface area contributed by atoms with Gasteiger partial charge in [0.25, 0.3) is 6.43 Å². The highest BCUT2D eigenvalue weighted by molar-refractivity contribution is 7.15. The predicted octanol–water partition coefficient (Wildman–Crippen LogP) is 3.14. The number of hydrogen-bond donors (Lipinski definition) is 2. The molecule has 4 rings (SSSR count). The number of nitrogens with one attached hydrogen (secondary N) is 1. The number of aromatic nitrogens is 1. The maximum atomic E-state index is 12.8. The first-order valence-corrected chi connectivity index (χ1v) is 9.87. The number of fused-ring (bicyclic) bond motifs is 1. The summed E-state index contributed by atoms with van der Waals surface area (Å²) < 4.78 is 25.7. The Labute approximate surface area is 160 Å². The van der Waals surface area contributed by atoms with Crippen LogP contribution in [0.5, 0.6) is 0 Å². The Balaban J connectivity index is 1.38. The molecule has 2 heterocycles. The summed E-state index contributed by atoms with van der Waals surface area (Å²) in [6.45, 7) is 1.10. The Bertz CT molecular complexity index is 836. The van der Waals surface area contributed by atoms with E-state index in [9.17, 15) is 18.7 Å². The summed E-state index contributed by atoms with van der Waals surface area (Å²) in [4.78, 5) is 20.1. The van der Waals surface area contributed by atoms with Crippen LogP contribution in [0.3, 0.4) is 0 Å². The summed E-state index contributed by atoms with van der Waals surface area (Å²) in [5.41, 5.74) is 1.57. The average molecular weight is 393 g/mol. The molecule has 2 aliphatic rings. The highest BCUT2D eigenvalue weighted by Gasteiger charge is 2.29. The molecule has 1 fully saturated rings. The zero-order valence-electron chi connectivity index (χ0n) is 14.7. The fraction of sp³-hybridized carbons (Fsp3) is 0.474.